The fraction of sp³-hybridized carbons (Fsp3) is 0.143. The van der Waals surface area contributed by atoms with Gasteiger partial charge in [-0.2, -0.15) is 4.39 Å². The van der Waals surface area contributed by atoms with Gasteiger partial charge in [-0.1, -0.05) is 0 Å². The average molecular weight is 439 g/mol. The van der Waals surface area contributed by atoms with Gasteiger partial charge in [-0.3, -0.25) is 10.1 Å². The maximum Gasteiger partial charge on any atom is 0.274 e. The second kappa shape index (κ2) is 9.45. The number of nitrogens with one attached hydrogen (secondary N) is 1. The largest absolute Gasteiger partial charge is 0.445 e. The number of amides is 1. The Balaban J connectivity index is 1.42. The zero-order valence-electron chi connectivity index (χ0n) is 16.5. The van der Waals surface area contributed by atoms with E-state index in [-0.39, 0.29) is 5.91 Å². The fourth-order valence-electron chi connectivity index (χ4n) is 2.90. The zero-order chi connectivity index (χ0) is 21.6. The maximum absolute atomic E-state index is 13.3. The van der Waals surface area contributed by atoms with Crippen LogP contribution in [0.3, 0.4) is 0 Å². The molecule has 4 rings (SSSR count). The lowest BCUT2D eigenvalue weighted by molar-refractivity contribution is 0.101. The van der Waals surface area contributed by atoms with E-state index in [2.05, 4.69) is 20.3 Å². The summed E-state index contributed by atoms with van der Waals surface area (Å²) in [7, 11) is 1.58. The van der Waals surface area contributed by atoms with E-state index < -0.39 is 5.95 Å². The molecule has 0 radical (unpaired) electrons. The van der Waals surface area contributed by atoms with Crippen LogP contribution >= 0.6 is 11.3 Å². The predicted molar refractivity (Wildman–Crippen MR) is 114 cm³/mol. The Bertz CT molecular complexity index is 1210. The molecule has 4 aromatic heterocycles. The van der Waals surface area contributed by atoms with Gasteiger partial charge in [-0.25, -0.2) is 15.0 Å². The van der Waals surface area contributed by atoms with E-state index >= 15 is 0 Å². The number of ether oxygens (including phenoxy) is 1. The second-order valence-corrected chi connectivity index (χ2v) is 7.33. The number of rotatable bonds is 8. The van der Waals surface area contributed by atoms with Gasteiger partial charge in [-0.15, -0.1) is 11.3 Å². The van der Waals surface area contributed by atoms with E-state index in [0.29, 0.717) is 46.7 Å². The third-order valence-electron chi connectivity index (χ3n) is 4.31. The van der Waals surface area contributed by atoms with Crippen LogP contribution in [0.5, 0.6) is 0 Å². The normalized spacial score (nSPS) is 11.3. The number of carbonyl (C=O) groups excluding carboxylic acids is 1. The molecule has 4 heterocycles. The monoisotopic (exact) mass is 439 g/mol. The van der Waals surface area contributed by atoms with Crippen molar-refractivity contribution in [2.45, 2.75) is 13.2 Å². The molecule has 0 aliphatic rings. The molecule has 0 aromatic carbocycles. The number of methoxy groups -OCH3 is 1. The van der Waals surface area contributed by atoms with Gasteiger partial charge in [0.25, 0.3) is 5.91 Å². The summed E-state index contributed by atoms with van der Waals surface area (Å²) in [5.74, 6) is -0.236. The number of hydrogen-bond donors (Lipinski definition) is 1. The molecular formula is C21H18FN5O3S. The number of carbonyl (C=O) groups is 1. The molecule has 1 amide bonds. The van der Waals surface area contributed by atoms with Gasteiger partial charge in [0.15, 0.2) is 17.3 Å². The summed E-state index contributed by atoms with van der Waals surface area (Å²) < 4.78 is 25.4. The first kappa shape index (κ1) is 20.6. The minimum Gasteiger partial charge on any atom is -0.445 e. The number of thiazole rings is 1. The van der Waals surface area contributed by atoms with E-state index in [1.54, 1.807) is 48.2 Å². The van der Waals surface area contributed by atoms with Crippen LogP contribution < -0.4 is 5.32 Å². The molecule has 158 valence electrons. The Morgan fingerprint density at radius 3 is 3.10 bits per heavy atom. The molecule has 8 nitrogen and oxygen atoms in total. The first-order chi connectivity index (χ1) is 15.1. The Hall–Kier alpha value is -3.63. The quantitative estimate of drug-likeness (QED) is 0.416. The van der Waals surface area contributed by atoms with Crippen molar-refractivity contribution in [2.75, 3.05) is 12.4 Å². The summed E-state index contributed by atoms with van der Waals surface area (Å²) in [5.41, 5.74) is 2.48. The third-order valence-corrected chi connectivity index (χ3v) is 5.08. The summed E-state index contributed by atoms with van der Waals surface area (Å²) >= 11 is 1.31. The van der Waals surface area contributed by atoms with Gasteiger partial charge < -0.3 is 13.7 Å². The highest BCUT2D eigenvalue weighted by Crippen LogP contribution is 2.20. The van der Waals surface area contributed by atoms with Crippen molar-refractivity contribution >= 4 is 34.5 Å². The predicted octanol–water partition coefficient (Wildman–Crippen LogP) is 4.08. The van der Waals surface area contributed by atoms with Gasteiger partial charge in [0, 0.05) is 31.4 Å². The van der Waals surface area contributed by atoms with Crippen LogP contribution in [0.4, 0.5) is 9.52 Å². The second-order valence-electron chi connectivity index (χ2n) is 6.47. The van der Waals surface area contributed by atoms with Crippen LogP contribution in [0.1, 0.15) is 33.2 Å². The molecule has 0 aliphatic heterocycles. The number of nitrogens with zero attached hydrogens (tertiary/aromatic N) is 4. The standard InChI is InChI=1S/C21H18FN5O3S/c1-29-11-18-16(24-13-30-18)5-4-15-12-31-21(25-15)26-20(28)17-3-2-8-27(17)10-14-6-7-23-19(22)9-14/h2-9,12-13H,10-11H2,1H3,(H,25,26,28)/b5-4+. The van der Waals surface area contributed by atoms with Crippen molar-refractivity contribution in [1.29, 1.82) is 0 Å². The molecule has 0 fully saturated rings. The molecule has 10 heteroatoms. The summed E-state index contributed by atoms with van der Waals surface area (Å²) in [4.78, 5) is 24.8. The highest BCUT2D eigenvalue weighted by molar-refractivity contribution is 7.14. The molecule has 0 saturated carbocycles. The molecule has 1 N–H and O–H groups in total. The first-order valence-electron chi connectivity index (χ1n) is 9.24. The van der Waals surface area contributed by atoms with Gasteiger partial charge in [0.1, 0.15) is 18.0 Å². The average Bonchev–Trinajstić information content (AvgIpc) is 3.48. The molecule has 0 spiro atoms. The highest BCUT2D eigenvalue weighted by Gasteiger charge is 2.13. The van der Waals surface area contributed by atoms with Gasteiger partial charge in [-0.05, 0) is 42.0 Å². The third kappa shape index (κ3) is 5.11. The zero-order valence-corrected chi connectivity index (χ0v) is 17.3. The lowest BCUT2D eigenvalue weighted by Crippen LogP contribution is -2.17. The summed E-state index contributed by atoms with van der Waals surface area (Å²) in [6.45, 7) is 0.673. The van der Waals surface area contributed by atoms with Crippen molar-refractivity contribution in [2.24, 2.45) is 0 Å². The Morgan fingerprint density at radius 2 is 2.26 bits per heavy atom. The van der Waals surface area contributed by atoms with E-state index in [0.717, 1.165) is 0 Å². The molecule has 0 bridgehead atoms. The van der Waals surface area contributed by atoms with Gasteiger partial charge in [0.05, 0.1) is 5.69 Å². The van der Waals surface area contributed by atoms with Crippen LogP contribution in [0, 0.1) is 5.95 Å². The molecule has 0 aliphatic carbocycles. The topological polar surface area (TPSA) is 95.1 Å². The molecule has 0 saturated heterocycles. The number of halogens is 1. The van der Waals surface area contributed by atoms with Crippen molar-refractivity contribution in [3.63, 3.8) is 0 Å². The molecule has 0 unspecified atom stereocenters. The minimum absolute atomic E-state index is 0.303. The first-order valence-corrected chi connectivity index (χ1v) is 10.1. The van der Waals surface area contributed by atoms with E-state index in [9.17, 15) is 9.18 Å². The Kier molecular flexibility index (Phi) is 6.29. The number of aromatic nitrogens is 4. The van der Waals surface area contributed by atoms with Crippen molar-refractivity contribution in [3.8, 4) is 0 Å². The van der Waals surface area contributed by atoms with Crippen LogP contribution in [0.2, 0.25) is 0 Å². The Labute approximate surface area is 181 Å². The SMILES string of the molecule is COCc1ocnc1/C=C/c1csc(NC(=O)c2cccn2Cc2ccnc(F)c2)n1. The molecular weight excluding hydrogens is 421 g/mol. The summed E-state index contributed by atoms with van der Waals surface area (Å²) in [6.07, 6.45) is 8.08. The number of pyridine rings is 1. The van der Waals surface area contributed by atoms with Gasteiger partial charge in [0.2, 0.25) is 5.95 Å². The van der Waals surface area contributed by atoms with E-state index in [1.165, 1.54) is 30.0 Å². The highest BCUT2D eigenvalue weighted by atomic mass is 32.1. The lowest BCUT2D eigenvalue weighted by atomic mass is 10.2. The summed E-state index contributed by atoms with van der Waals surface area (Å²) in [5, 5.41) is 5.08. The Morgan fingerprint density at radius 1 is 1.35 bits per heavy atom. The fourth-order valence-corrected chi connectivity index (χ4v) is 3.57. The van der Waals surface area contributed by atoms with Crippen molar-refractivity contribution in [3.05, 3.63) is 82.8 Å². The van der Waals surface area contributed by atoms with Crippen LogP contribution in [0.25, 0.3) is 12.2 Å². The van der Waals surface area contributed by atoms with Crippen molar-refractivity contribution in [1.82, 2.24) is 19.5 Å². The van der Waals surface area contributed by atoms with E-state index in [4.69, 9.17) is 9.15 Å². The van der Waals surface area contributed by atoms with Gasteiger partial charge >= 0.3 is 0 Å². The van der Waals surface area contributed by atoms with Crippen LogP contribution in [-0.4, -0.2) is 32.5 Å². The maximum atomic E-state index is 13.3. The molecule has 4 aromatic rings. The lowest BCUT2D eigenvalue weighted by Gasteiger charge is -2.09. The number of anilines is 1. The smallest absolute Gasteiger partial charge is 0.274 e. The molecule has 31 heavy (non-hydrogen) atoms. The van der Waals surface area contributed by atoms with Crippen LogP contribution in [0.15, 0.2) is 52.9 Å². The summed E-state index contributed by atoms with van der Waals surface area (Å²) in [6, 6.07) is 6.51. The number of hydrogen-bond acceptors (Lipinski definition) is 7. The minimum atomic E-state index is -0.556. The van der Waals surface area contributed by atoms with Crippen LogP contribution in [-0.2, 0) is 17.9 Å². The van der Waals surface area contributed by atoms with Crippen molar-refractivity contribution < 1.29 is 18.3 Å². The number of oxazole rings is 1. The molecule has 0 atom stereocenters. The van der Waals surface area contributed by atoms with E-state index in [1.807, 2.05) is 5.38 Å².